The van der Waals surface area contributed by atoms with Gasteiger partial charge in [0.15, 0.2) is 0 Å². The first kappa shape index (κ1) is 22.9. The number of amides is 1. The summed E-state index contributed by atoms with van der Waals surface area (Å²) in [6, 6.07) is 13.4. The van der Waals surface area contributed by atoms with Crippen molar-refractivity contribution >= 4 is 11.6 Å². The van der Waals surface area contributed by atoms with Crippen LogP contribution in [-0.2, 0) is 6.42 Å². The first-order valence-corrected chi connectivity index (χ1v) is 10.7. The van der Waals surface area contributed by atoms with Crippen LogP contribution in [0, 0.1) is 5.92 Å². The number of rotatable bonds is 9. The van der Waals surface area contributed by atoms with E-state index in [1.54, 1.807) is 19.2 Å². The Balaban J connectivity index is 1.63. The Morgan fingerprint density at radius 1 is 1.29 bits per heavy atom. The highest BCUT2D eigenvalue weighted by atomic mass is 19.3. The van der Waals surface area contributed by atoms with Gasteiger partial charge < -0.3 is 16.0 Å². The quantitative estimate of drug-likeness (QED) is 0.534. The topological polar surface area (TPSA) is 66.1 Å². The maximum absolute atomic E-state index is 13.9. The molecule has 3 rings (SSSR count). The molecule has 7 heteroatoms. The van der Waals surface area contributed by atoms with Gasteiger partial charge in [-0.1, -0.05) is 36.9 Å². The summed E-state index contributed by atoms with van der Waals surface area (Å²) >= 11 is 0. The van der Waals surface area contributed by atoms with Crippen LogP contribution in [0.2, 0.25) is 0 Å². The number of pyridine rings is 1. The molecule has 166 valence electrons. The van der Waals surface area contributed by atoms with E-state index in [-0.39, 0.29) is 12.3 Å². The highest BCUT2D eigenvalue weighted by molar-refractivity contribution is 5.94. The van der Waals surface area contributed by atoms with Crippen LogP contribution < -0.4 is 16.0 Å². The summed E-state index contributed by atoms with van der Waals surface area (Å²) in [7, 11) is 1.75. The Morgan fingerprint density at radius 3 is 2.77 bits per heavy atom. The van der Waals surface area contributed by atoms with Gasteiger partial charge >= 0.3 is 0 Å². The average Bonchev–Trinajstić information content (AvgIpc) is 2.77. The lowest BCUT2D eigenvalue weighted by Crippen LogP contribution is -2.44. The maximum Gasteiger partial charge on any atom is 0.253 e. The molecule has 2 heterocycles. The summed E-state index contributed by atoms with van der Waals surface area (Å²) < 4.78 is 27.9. The lowest BCUT2D eigenvalue weighted by molar-refractivity contribution is -0.0809. The number of aromatic nitrogens is 1. The number of halogens is 2. The molecule has 1 aliphatic heterocycles. The number of nitrogens with zero attached hydrogens (tertiary/aromatic N) is 1. The average molecular weight is 429 g/mol. The molecule has 1 aromatic heterocycles. The van der Waals surface area contributed by atoms with E-state index in [2.05, 4.69) is 27.5 Å². The molecule has 2 aromatic rings. The number of nitrogens with one attached hydrogen (secondary N) is 3. The largest absolute Gasteiger partial charge is 0.387 e. The Labute approximate surface area is 182 Å². The number of piperidine rings is 1. The fraction of sp³-hybridized carbons (Fsp3) is 0.417. The SMILES string of the molecule is C=C(NC)c1cc(C(=O)NCCCC2CNCCC2(F)F)cc(Cc2ccccc2)n1. The molecule has 1 unspecified atom stereocenters. The van der Waals surface area contributed by atoms with Crippen molar-refractivity contribution in [2.45, 2.75) is 31.6 Å². The summed E-state index contributed by atoms with van der Waals surface area (Å²) in [5.41, 5.74) is 3.57. The minimum atomic E-state index is -2.63. The number of hydrogen-bond donors (Lipinski definition) is 3. The highest BCUT2D eigenvalue weighted by Gasteiger charge is 2.40. The molecule has 31 heavy (non-hydrogen) atoms. The summed E-state index contributed by atoms with van der Waals surface area (Å²) in [6.45, 7) is 4.98. The van der Waals surface area contributed by atoms with E-state index < -0.39 is 11.8 Å². The first-order chi connectivity index (χ1) is 14.9. The van der Waals surface area contributed by atoms with Crippen molar-refractivity contribution in [2.75, 3.05) is 26.7 Å². The predicted octanol–water partition coefficient (Wildman–Crippen LogP) is 3.62. The zero-order valence-corrected chi connectivity index (χ0v) is 17.9. The summed E-state index contributed by atoms with van der Waals surface area (Å²) in [5, 5.41) is 8.85. The predicted molar refractivity (Wildman–Crippen MR) is 119 cm³/mol. The van der Waals surface area contributed by atoms with Crippen LogP contribution in [0.15, 0.2) is 49.0 Å². The molecule has 1 saturated heterocycles. The summed E-state index contributed by atoms with van der Waals surface area (Å²) in [4.78, 5) is 17.4. The van der Waals surface area contributed by atoms with Gasteiger partial charge in [-0.25, -0.2) is 8.78 Å². The van der Waals surface area contributed by atoms with Gasteiger partial charge in [0, 0.05) is 56.7 Å². The fourth-order valence-corrected chi connectivity index (χ4v) is 3.75. The first-order valence-electron chi connectivity index (χ1n) is 10.7. The van der Waals surface area contributed by atoms with Gasteiger partial charge in [0.2, 0.25) is 0 Å². The molecular formula is C24H30F2N4O. The van der Waals surface area contributed by atoms with Crippen molar-refractivity contribution in [1.29, 1.82) is 0 Å². The normalized spacial score (nSPS) is 17.7. The second-order valence-electron chi connectivity index (χ2n) is 7.93. The zero-order valence-electron chi connectivity index (χ0n) is 17.9. The van der Waals surface area contributed by atoms with Crippen molar-refractivity contribution in [3.63, 3.8) is 0 Å². The maximum atomic E-state index is 13.9. The van der Waals surface area contributed by atoms with E-state index in [1.165, 1.54) is 0 Å². The van der Waals surface area contributed by atoms with Gasteiger partial charge in [-0.15, -0.1) is 0 Å². The van der Waals surface area contributed by atoms with Crippen molar-refractivity contribution in [1.82, 2.24) is 20.9 Å². The molecule has 1 aliphatic rings. The molecule has 1 fully saturated rings. The molecule has 5 nitrogen and oxygen atoms in total. The molecule has 0 spiro atoms. The van der Waals surface area contributed by atoms with Crippen LogP contribution in [0.5, 0.6) is 0 Å². The molecule has 0 bridgehead atoms. The van der Waals surface area contributed by atoms with Crippen LogP contribution in [0.3, 0.4) is 0 Å². The number of carbonyl (C=O) groups is 1. The Morgan fingerprint density at radius 2 is 2.06 bits per heavy atom. The molecule has 1 atom stereocenters. The molecule has 3 N–H and O–H groups in total. The number of hydrogen-bond acceptors (Lipinski definition) is 4. The third-order valence-corrected chi connectivity index (χ3v) is 5.62. The Hall–Kier alpha value is -2.80. The highest BCUT2D eigenvalue weighted by Crippen LogP contribution is 2.33. The Bertz CT molecular complexity index is 902. The standard InChI is InChI=1S/C24H30F2N4O/c1-17(27-2)22-15-19(14-21(30-22)13-18-7-4-3-5-8-18)23(31)29-11-6-9-20-16-28-12-10-24(20,25)26/h3-5,7-8,14-15,20,27-28H,1,6,9-13,16H2,2H3,(H,29,31). The molecule has 1 aromatic carbocycles. The van der Waals surface area contributed by atoms with E-state index in [9.17, 15) is 13.6 Å². The number of carbonyl (C=O) groups excluding carboxylic acids is 1. The molecule has 0 aliphatic carbocycles. The lowest BCUT2D eigenvalue weighted by atomic mass is 9.90. The zero-order chi connectivity index (χ0) is 22.3. The molecule has 1 amide bonds. The number of alkyl halides is 2. The van der Waals surface area contributed by atoms with E-state index in [4.69, 9.17) is 0 Å². The van der Waals surface area contributed by atoms with Crippen LogP contribution >= 0.6 is 0 Å². The van der Waals surface area contributed by atoms with Crippen molar-refractivity contribution in [2.24, 2.45) is 5.92 Å². The van der Waals surface area contributed by atoms with Crippen LogP contribution in [-0.4, -0.2) is 43.5 Å². The minimum absolute atomic E-state index is 0.122. The van der Waals surface area contributed by atoms with Gasteiger partial charge in [-0.2, -0.15) is 0 Å². The second kappa shape index (κ2) is 10.5. The van der Waals surface area contributed by atoms with Gasteiger partial charge in [0.25, 0.3) is 11.8 Å². The molecule has 0 radical (unpaired) electrons. The van der Waals surface area contributed by atoms with Crippen LogP contribution in [0.25, 0.3) is 5.70 Å². The minimum Gasteiger partial charge on any atom is -0.387 e. The fourth-order valence-electron chi connectivity index (χ4n) is 3.75. The van der Waals surface area contributed by atoms with Gasteiger partial charge in [0.05, 0.1) is 11.4 Å². The van der Waals surface area contributed by atoms with E-state index in [0.717, 1.165) is 11.3 Å². The van der Waals surface area contributed by atoms with Crippen molar-refractivity contribution in [3.8, 4) is 0 Å². The van der Waals surface area contributed by atoms with E-state index >= 15 is 0 Å². The Kier molecular flexibility index (Phi) is 7.74. The third kappa shape index (κ3) is 6.34. The third-order valence-electron chi connectivity index (χ3n) is 5.62. The summed E-state index contributed by atoms with van der Waals surface area (Å²) in [5.74, 6) is -3.55. The van der Waals surface area contributed by atoms with Gasteiger partial charge in [-0.3, -0.25) is 9.78 Å². The van der Waals surface area contributed by atoms with Crippen LogP contribution in [0.4, 0.5) is 8.78 Å². The van der Waals surface area contributed by atoms with E-state index in [1.807, 2.05) is 30.3 Å². The van der Waals surface area contributed by atoms with E-state index in [0.29, 0.717) is 55.9 Å². The monoisotopic (exact) mass is 428 g/mol. The van der Waals surface area contributed by atoms with Gasteiger partial charge in [0.1, 0.15) is 0 Å². The number of benzene rings is 1. The lowest BCUT2D eigenvalue weighted by Gasteiger charge is -2.31. The summed E-state index contributed by atoms with van der Waals surface area (Å²) in [6.07, 6.45) is 1.35. The smallest absolute Gasteiger partial charge is 0.253 e. The van der Waals surface area contributed by atoms with Crippen molar-refractivity contribution < 1.29 is 13.6 Å². The van der Waals surface area contributed by atoms with Crippen LogP contribution in [0.1, 0.15) is 46.6 Å². The molecular weight excluding hydrogens is 398 g/mol. The molecule has 0 saturated carbocycles. The second-order valence-corrected chi connectivity index (χ2v) is 7.93. The van der Waals surface area contributed by atoms with Crippen molar-refractivity contribution in [3.05, 3.63) is 71.6 Å². The van der Waals surface area contributed by atoms with Gasteiger partial charge in [-0.05, 0) is 30.5 Å².